The second kappa shape index (κ2) is 10.0. The van der Waals surface area contributed by atoms with Crippen molar-refractivity contribution in [3.05, 3.63) is 0 Å². The van der Waals surface area contributed by atoms with E-state index in [-0.39, 0.29) is 0 Å². The van der Waals surface area contributed by atoms with E-state index in [1.54, 1.807) is 0 Å². The predicted molar refractivity (Wildman–Crippen MR) is 89.2 cm³/mol. The first-order chi connectivity index (χ1) is 13.5. The molecule has 0 saturated heterocycles. The highest BCUT2D eigenvalue weighted by Crippen LogP contribution is 2.54. The summed E-state index contributed by atoms with van der Waals surface area (Å²) in [6, 6.07) is 0. The first-order valence-corrected chi connectivity index (χ1v) is 14.8. The molecule has 10 N–H and O–H groups in total. The first kappa shape index (κ1) is 29.6. The van der Waals surface area contributed by atoms with Crippen LogP contribution in [0.15, 0.2) is 0 Å². The second-order valence-corrected chi connectivity index (χ2v) is 11.6. The molecule has 1 fully saturated rings. The zero-order valence-electron chi connectivity index (χ0n) is 14.4. The fraction of sp³-hybridized carbons (Fsp3) is 1.00. The van der Waals surface area contributed by atoms with Crippen LogP contribution in [0.5, 0.6) is 0 Å². The summed E-state index contributed by atoms with van der Waals surface area (Å²) >= 11 is 0. The molecule has 25 heteroatoms. The number of phosphoric ester groups is 5. The van der Waals surface area contributed by atoms with E-state index in [0.29, 0.717) is 0 Å². The Bertz CT molecular complexity index is 795. The maximum absolute atomic E-state index is 11.3. The van der Waals surface area contributed by atoms with Crippen LogP contribution in [0.3, 0.4) is 0 Å². The molecule has 5 atom stereocenters. The Morgan fingerprint density at radius 2 is 0.645 bits per heavy atom. The van der Waals surface area contributed by atoms with Gasteiger partial charge in [0.05, 0.1) is 0 Å². The molecule has 186 valence electrons. The van der Waals surface area contributed by atoms with E-state index in [4.69, 9.17) is 48.9 Å². The fourth-order valence-electron chi connectivity index (χ4n) is 2.52. The molecule has 0 aliphatic heterocycles. The number of hydrogen-bond acceptors (Lipinski definition) is 10. The van der Waals surface area contributed by atoms with Gasteiger partial charge in [0, 0.05) is 6.42 Å². The van der Waals surface area contributed by atoms with Crippen molar-refractivity contribution >= 4 is 39.1 Å². The number of phosphoric acid groups is 5. The van der Waals surface area contributed by atoms with Gasteiger partial charge in [0.1, 0.15) is 30.5 Å². The van der Waals surface area contributed by atoms with Crippen molar-refractivity contribution < 1.29 is 94.4 Å². The Kier molecular flexibility index (Phi) is 9.58. The van der Waals surface area contributed by atoms with Gasteiger partial charge in [-0.3, -0.25) is 22.6 Å². The molecule has 0 heterocycles. The highest BCUT2D eigenvalue weighted by molar-refractivity contribution is 7.47. The van der Waals surface area contributed by atoms with Crippen molar-refractivity contribution in [2.24, 2.45) is 0 Å². The molecule has 0 radical (unpaired) electrons. The molecule has 0 bridgehead atoms. The zero-order valence-corrected chi connectivity index (χ0v) is 18.9. The van der Waals surface area contributed by atoms with Crippen LogP contribution in [0.2, 0.25) is 0 Å². The predicted octanol–water partition coefficient (Wildman–Crippen LogP) is -2.22. The van der Waals surface area contributed by atoms with Crippen LogP contribution in [0.1, 0.15) is 6.42 Å². The van der Waals surface area contributed by atoms with Gasteiger partial charge >= 0.3 is 39.1 Å². The van der Waals surface area contributed by atoms with Crippen LogP contribution in [0, 0.1) is 0 Å². The van der Waals surface area contributed by atoms with Crippen LogP contribution in [0.25, 0.3) is 0 Å². The maximum Gasteiger partial charge on any atom is 0.470 e. The summed E-state index contributed by atoms with van der Waals surface area (Å²) in [6.45, 7) is 0. The first-order valence-electron chi connectivity index (χ1n) is 7.15. The molecule has 0 aromatic carbocycles. The Morgan fingerprint density at radius 1 is 0.419 bits per heavy atom. The molecule has 20 nitrogen and oxygen atoms in total. The summed E-state index contributed by atoms with van der Waals surface area (Å²) < 4.78 is 77.0. The van der Waals surface area contributed by atoms with Gasteiger partial charge in [0.25, 0.3) is 0 Å². The van der Waals surface area contributed by atoms with E-state index in [0.717, 1.165) is 0 Å². The van der Waals surface area contributed by atoms with Gasteiger partial charge in [-0.05, 0) is 0 Å². The molecule has 1 saturated carbocycles. The molecular weight excluding hydrogens is 547 g/mol. The summed E-state index contributed by atoms with van der Waals surface area (Å²) in [5.41, 5.74) is 0. The van der Waals surface area contributed by atoms with Crippen LogP contribution in [-0.2, 0) is 45.4 Å². The summed E-state index contributed by atoms with van der Waals surface area (Å²) in [7, 11) is -28.3. The van der Waals surface area contributed by atoms with Crippen LogP contribution in [-0.4, -0.2) is 79.5 Å². The third kappa shape index (κ3) is 12.0. The van der Waals surface area contributed by atoms with Gasteiger partial charge < -0.3 is 48.9 Å². The van der Waals surface area contributed by atoms with E-state index >= 15 is 0 Å². The Balaban J connectivity index is 3.63. The fourth-order valence-corrected chi connectivity index (χ4v) is 5.34. The third-order valence-electron chi connectivity index (χ3n) is 3.17. The largest absolute Gasteiger partial charge is 0.470 e. The van der Waals surface area contributed by atoms with E-state index in [2.05, 4.69) is 22.6 Å². The molecule has 1 aliphatic rings. The molecule has 0 spiro atoms. The lowest BCUT2D eigenvalue weighted by atomic mass is 9.87. The minimum atomic E-state index is -5.76. The summed E-state index contributed by atoms with van der Waals surface area (Å²) in [4.78, 5) is 90.0. The van der Waals surface area contributed by atoms with Gasteiger partial charge in [0.15, 0.2) is 0 Å². The van der Waals surface area contributed by atoms with Crippen molar-refractivity contribution in [3.63, 3.8) is 0 Å². The number of hydrogen-bond donors (Lipinski definition) is 10. The lowest BCUT2D eigenvalue weighted by Crippen LogP contribution is -2.58. The SMILES string of the molecule is O=P(O)(O)O[C@@H]1[C@@H](OP(=O)(O)O)[C@H](OP(=O)(O)O)C[C@H](OP(=O)(O)O)[C@H]1OP(=O)(O)O. The summed E-state index contributed by atoms with van der Waals surface area (Å²) in [5.74, 6) is 0. The molecule has 0 aromatic rings. The summed E-state index contributed by atoms with van der Waals surface area (Å²) in [6.07, 6.45) is -14.0. The minimum absolute atomic E-state index is 1.24. The molecular formula is C6H17O20P5. The maximum atomic E-state index is 11.3. The Morgan fingerprint density at radius 3 is 0.871 bits per heavy atom. The quantitative estimate of drug-likeness (QED) is 0.126. The van der Waals surface area contributed by atoms with Gasteiger partial charge in [-0.15, -0.1) is 0 Å². The van der Waals surface area contributed by atoms with E-state index in [9.17, 15) is 22.8 Å². The molecule has 0 aromatic heterocycles. The van der Waals surface area contributed by atoms with Gasteiger partial charge in [-0.1, -0.05) is 0 Å². The highest BCUT2D eigenvalue weighted by atomic mass is 31.2. The van der Waals surface area contributed by atoms with Crippen molar-refractivity contribution in [2.45, 2.75) is 36.9 Å². The zero-order chi connectivity index (χ0) is 24.6. The summed E-state index contributed by atoms with van der Waals surface area (Å²) in [5, 5.41) is 0. The standard InChI is InChI=1S/C6H17O20P5/c7-27(8,9)22-2-1-3(23-28(10,11)12)5(25-30(16,17)18)6(26-31(19,20)21)4(2)24-29(13,14)15/h2-6H,1H2,(H2,7,8,9)(H2,10,11,12)(H2,13,14,15)(H2,16,17,18)(H2,19,20,21)/t2-,3+,4+,5-,6-. The topological polar surface area (TPSA) is 334 Å². The molecule has 0 amide bonds. The van der Waals surface area contributed by atoms with Gasteiger partial charge in [0.2, 0.25) is 0 Å². The van der Waals surface area contributed by atoms with E-state index in [1.165, 1.54) is 0 Å². The lowest BCUT2D eigenvalue weighted by Gasteiger charge is -2.44. The number of rotatable bonds is 10. The van der Waals surface area contributed by atoms with Crippen molar-refractivity contribution in [1.29, 1.82) is 0 Å². The van der Waals surface area contributed by atoms with Crippen LogP contribution < -0.4 is 0 Å². The molecule has 1 aliphatic carbocycles. The highest BCUT2D eigenvalue weighted by Gasteiger charge is 2.56. The third-order valence-corrected chi connectivity index (χ3v) is 5.81. The van der Waals surface area contributed by atoms with Gasteiger partial charge in [-0.2, -0.15) is 0 Å². The van der Waals surface area contributed by atoms with Crippen LogP contribution >= 0.6 is 39.1 Å². The van der Waals surface area contributed by atoms with E-state index < -0.39 is 76.1 Å². The average molecular weight is 564 g/mol. The van der Waals surface area contributed by atoms with Crippen molar-refractivity contribution in [3.8, 4) is 0 Å². The molecule has 0 unspecified atom stereocenters. The second-order valence-electron chi connectivity index (χ2n) is 5.69. The minimum Gasteiger partial charge on any atom is -0.303 e. The normalized spacial score (nSPS) is 29.2. The Labute approximate surface area is 171 Å². The van der Waals surface area contributed by atoms with Crippen molar-refractivity contribution in [1.82, 2.24) is 0 Å². The van der Waals surface area contributed by atoms with Gasteiger partial charge in [-0.25, -0.2) is 22.8 Å². The molecule has 31 heavy (non-hydrogen) atoms. The average Bonchev–Trinajstić information content (AvgIpc) is 2.39. The van der Waals surface area contributed by atoms with Crippen molar-refractivity contribution in [2.75, 3.05) is 0 Å². The smallest absolute Gasteiger partial charge is 0.303 e. The van der Waals surface area contributed by atoms with E-state index in [1.807, 2.05) is 0 Å². The molecule has 1 rings (SSSR count). The monoisotopic (exact) mass is 564 g/mol. The van der Waals surface area contributed by atoms with Crippen LogP contribution in [0.4, 0.5) is 0 Å². The Hall–Kier alpha value is 0.550. The lowest BCUT2D eigenvalue weighted by molar-refractivity contribution is -0.158.